The number of amides is 1. The molecule has 0 aliphatic carbocycles. The molecule has 21 heavy (non-hydrogen) atoms. The SMILES string of the molecule is CC(NC(=O)c1ccoc1Cl)c1cccc(C#CCO)c1. The normalized spacial score (nSPS) is 11.4. The third-order valence-electron chi connectivity index (χ3n) is 2.91. The summed E-state index contributed by atoms with van der Waals surface area (Å²) in [6.45, 7) is 1.68. The van der Waals surface area contributed by atoms with Crippen LogP contribution in [0.2, 0.25) is 5.22 Å². The van der Waals surface area contributed by atoms with Crippen molar-refractivity contribution in [3.05, 3.63) is 58.5 Å². The summed E-state index contributed by atoms with van der Waals surface area (Å²) >= 11 is 5.78. The molecule has 1 aromatic heterocycles. The molecule has 1 unspecified atom stereocenters. The van der Waals surface area contributed by atoms with Crippen LogP contribution >= 0.6 is 11.6 Å². The summed E-state index contributed by atoms with van der Waals surface area (Å²) in [6.07, 6.45) is 1.37. The van der Waals surface area contributed by atoms with Gasteiger partial charge in [0.1, 0.15) is 6.61 Å². The van der Waals surface area contributed by atoms with Gasteiger partial charge >= 0.3 is 0 Å². The van der Waals surface area contributed by atoms with E-state index in [1.165, 1.54) is 12.3 Å². The lowest BCUT2D eigenvalue weighted by Gasteiger charge is -2.14. The molecule has 0 bridgehead atoms. The Hall–Kier alpha value is -2.22. The topological polar surface area (TPSA) is 62.5 Å². The number of nitrogens with one attached hydrogen (secondary N) is 1. The van der Waals surface area contributed by atoms with Crippen LogP contribution < -0.4 is 5.32 Å². The van der Waals surface area contributed by atoms with Gasteiger partial charge in [0.15, 0.2) is 0 Å². The molecule has 5 heteroatoms. The number of aliphatic hydroxyl groups excluding tert-OH is 1. The summed E-state index contributed by atoms with van der Waals surface area (Å²) in [7, 11) is 0. The van der Waals surface area contributed by atoms with Gasteiger partial charge in [-0.15, -0.1) is 0 Å². The molecule has 4 nitrogen and oxygen atoms in total. The Kier molecular flexibility index (Phi) is 5.04. The van der Waals surface area contributed by atoms with Crippen molar-refractivity contribution in [1.29, 1.82) is 0 Å². The summed E-state index contributed by atoms with van der Waals surface area (Å²) in [5, 5.41) is 11.6. The Labute approximate surface area is 127 Å². The van der Waals surface area contributed by atoms with Crippen LogP contribution in [0.15, 0.2) is 41.0 Å². The second-order valence-electron chi connectivity index (χ2n) is 4.39. The first-order chi connectivity index (χ1) is 10.1. The van der Waals surface area contributed by atoms with Crippen LogP contribution in [0.5, 0.6) is 0 Å². The van der Waals surface area contributed by atoms with Gasteiger partial charge in [0, 0.05) is 5.56 Å². The minimum Gasteiger partial charge on any atom is -0.452 e. The van der Waals surface area contributed by atoms with Crippen molar-refractivity contribution < 1.29 is 14.3 Å². The van der Waals surface area contributed by atoms with E-state index in [9.17, 15) is 4.79 Å². The van der Waals surface area contributed by atoms with E-state index in [0.29, 0.717) is 5.56 Å². The van der Waals surface area contributed by atoms with Crippen LogP contribution in [0.3, 0.4) is 0 Å². The Morgan fingerprint density at radius 3 is 2.95 bits per heavy atom. The number of carbonyl (C=O) groups is 1. The molecule has 0 spiro atoms. The van der Waals surface area contributed by atoms with Gasteiger partial charge in [-0.05, 0) is 42.3 Å². The number of hydrogen-bond acceptors (Lipinski definition) is 3. The molecule has 1 aromatic carbocycles. The fraction of sp³-hybridized carbons (Fsp3) is 0.188. The van der Waals surface area contributed by atoms with Crippen LogP contribution in [0.4, 0.5) is 0 Å². The zero-order valence-electron chi connectivity index (χ0n) is 11.4. The van der Waals surface area contributed by atoms with Crippen molar-refractivity contribution >= 4 is 17.5 Å². The minimum absolute atomic E-state index is 0.0715. The van der Waals surface area contributed by atoms with Crippen LogP contribution in [0, 0.1) is 11.8 Å². The maximum atomic E-state index is 12.1. The summed E-state index contributed by atoms with van der Waals surface area (Å²) in [5.74, 6) is 5.12. The lowest BCUT2D eigenvalue weighted by molar-refractivity contribution is 0.0939. The molecule has 2 N–H and O–H groups in total. The molecule has 1 heterocycles. The molecule has 0 aliphatic heterocycles. The van der Waals surface area contributed by atoms with E-state index >= 15 is 0 Å². The van der Waals surface area contributed by atoms with Crippen LogP contribution in [0.1, 0.15) is 34.5 Å². The predicted octanol–water partition coefficient (Wildman–Crippen LogP) is 2.77. The first-order valence-electron chi connectivity index (χ1n) is 6.35. The molecule has 0 saturated heterocycles. The molecular weight excluding hydrogens is 290 g/mol. The lowest BCUT2D eigenvalue weighted by atomic mass is 10.0. The maximum absolute atomic E-state index is 12.1. The monoisotopic (exact) mass is 303 g/mol. The van der Waals surface area contributed by atoms with Crippen molar-refractivity contribution in [1.82, 2.24) is 5.32 Å². The van der Waals surface area contributed by atoms with E-state index in [4.69, 9.17) is 21.1 Å². The Balaban J connectivity index is 2.11. The van der Waals surface area contributed by atoms with E-state index < -0.39 is 0 Å². The van der Waals surface area contributed by atoms with Gasteiger partial charge in [0.05, 0.1) is 17.9 Å². The smallest absolute Gasteiger partial charge is 0.256 e. The van der Waals surface area contributed by atoms with Gasteiger partial charge in [-0.2, -0.15) is 0 Å². The van der Waals surface area contributed by atoms with Gasteiger partial charge in [0.2, 0.25) is 5.22 Å². The van der Waals surface area contributed by atoms with Gasteiger partial charge in [-0.25, -0.2) is 0 Å². The largest absolute Gasteiger partial charge is 0.452 e. The summed E-state index contributed by atoms with van der Waals surface area (Å²) in [4.78, 5) is 12.1. The second-order valence-corrected chi connectivity index (χ2v) is 4.73. The first-order valence-corrected chi connectivity index (χ1v) is 6.73. The molecule has 0 saturated carbocycles. The highest BCUT2D eigenvalue weighted by atomic mass is 35.5. The van der Waals surface area contributed by atoms with E-state index in [0.717, 1.165) is 11.1 Å². The van der Waals surface area contributed by atoms with Gasteiger partial charge in [0.25, 0.3) is 5.91 Å². The number of benzene rings is 1. The number of halogens is 1. The average molecular weight is 304 g/mol. The summed E-state index contributed by atoms with van der Waals surface area (Å²) in [5.41, 5.74) is 2.00. The Morgan fingerprint density at radius 2 is 2.29 bits per heavy atom. The van der Waals surface area contributed by atoms with E-state index in [1.54, 1.807) is 0 Å². The molecule has 1 amide bonds. The number of rotatable bonds is 3. The van der Waals surface area contributed by atoms with Crippen molar-refractivity contribution in [2.45, 2.75) is 13.0 Å². The highest BCUT2D eigenvalue weighted by Crippen LogP contribution is 2.19. The fourth-order valence-electron chi connectivity index (χ4n) is 1.84. The quantitative estimate of drug-likeness (QED) is 0.857. The second kappa shape index (κ2) is 6.98. The zero-order valence-corrected chi connectivity index (χ0v) is 12.1. The van der Waals surface area contributed by atoms with Gasteiger partial charge < -0.3 is 14.8 Å². The molecule has 0 fully saturated rings. The first kappa shape index (κ1) is 15.2. The van der Waals surface area contributed by atoms with Crippen molar-refractivity contribution in [2.24, 2.45) is 0 Å². The van der Waals surface area contributed by atoms with Gasteiger partial charge in [-0.3, -0.25) is 4.79 Å². The number of furan rings is 1. The summed E-state index contributed by atoms with van der Waals surface area (Å²) in [6, 6.07) is 8.77. The number of aliphatic hydroxyl groups is 1. The van der Waals surface area contributed by atoms with Crippen molar-refractivity contribution in [3.8, 4) is 11.8 Å². The Morgan fingerprint density at radius 1 is 1.48 bits per heavy atom. The molecule has 1 atom stereocenters. The maximum Gasteiger partial charge on any atom is 0.256 e. The standard InChI is InChI=1S/C16H14ClNO3/c1-11(18-16(20)14-7-9-21-15(14)17)13-6-2-4-12(10-13)5-3-8-19/h2,4,6-7,9-11,19H,8H2,1H3,(H,18,20). The highest BCUT2D eigenvalue weighted by molar-refractivity contribution is 6.32. The highest BCUT2D eigenvalue weighted by Gasteiger charge is 2.16. The molecule has 108 valence electrons. The van der Waals surface area contributed by atoms with Crippen LogP contribution in [0.25, 0.3) is 0 Å². The van der Waals surface area contributed by atoms with E-state index in [2.05, 4.69) is 17.2 Å². The Bertz CT molecular complexity index is 697. The third-order valence-corrected chi connectivity index (χ3v) is 3.20. The molecule has 2 aromatic rings. The summed E-state index contributed by atoms with van der Waals surface area (Å²) < 4.78 is 4.90. The van der Waals surface area contributed by atoms with Crippen molar-refractivity contribution in [3.63, 3.8) is 0 Å². The van der Waals surface area contributed by atoms with Gasteiger partial charge in [-0.1, -0.05) is 24.0 Å². The van der Waals surface area contributed by atoms with E-state index in [-0.39, 0.29) is 23.8 Å². The predicted molar refractivity (Wildman–Crippen MR) is 80.0 cm³/mol. The third kappa shape index (κ3) is 3.88. The molecular formula is C16H14ClNO3. The lowest BCUT2D eigenvalue weighted by Crippen LogP contribution is -2.26. The van der Waals surface area contributed by atoms with Crippen molar-refractivity contribution in [2.75, 3.05) is 6.61 Å². The molecule has 0 aliphatic rings. The number of carbonyl (C=O) groups excluding carboxylic acids is 1. The average Bonchev–Trinajstić information content (AvgIpc) is 2.91. The minimum atomic E-state index is -0.298. The number of hydrogen-bond donors (Lipinski definition) is 2. The zero-order chi connectivity index (χ0) is 15.2. The fourth-order valence-corrected chi connectivity index (χ4v) is 2.04. The van der Waals surface area contributed by atoms with E-state index in [1.807, 2.05) is 31.2 Å². The molecule has 2 rings (SSSR count). The van der Waals surface area contributed by atoms with Crippen LogP contribution in [-0.2, 0) is 0 Å². The molecule has 0 radical (unpaired) electrons. The van der Waals surface area contributed by atoms with Crippen LogP contribution in [-0.4, -0.2) is 17.6 Å².